The van der Waals surface area contributed by atoms with Gasteiger partial charge in [0.15, 0.2) is 0 Å². The molecule has 1 aliphatic rings. The van der Waals surface area contributed by atoms with Gasteiger partial charge in [0.25, 0.3) is 10.2 Å². The van der Waals surface area contributed by atoms with Crippen molar-refractivity contribution in [3.8, 4) is 0 Å². The molecule has 1 aromatic rings. The highest BCUT2D eigenvalue weighted by molar-refractivity contribution is 7.86. The summed E-state index contributed by atoms with van der Waals surface area (Å²) in [5.74, 6) is 0. The van der Waals surface area contributed by atoms with E-state index in [-0.39, 0.29) is 18.4 Å². The zero-order chi connectivity index (χ0) is 15.3. The largest absolute Gasteiger partial charge is 0.313 e. The summed E-state index contributed by atoms with van der Waals surface area (Å²) in [6, 6.07) is 3.58. The molecule has 1 aromatic heterocycles. The van der Waals surface area contributed by atoms with Crippen LogP contribution in [0.25, 0.3) is 0 Å². The second-order valence-corrected chi connectivity index (χ2v) is 7.29. The molecule has 22 heavy (non-hydrogen) atoms. The van der Waals surface area contributed by atoms with Crippen LogP contribution in [0.15, 0.2) is 24.5 Å². The molecule has 1 fully saturated rings. The van der Waals surface area contributed by atoms with Gasteiger partial charge in [-0.3, -0.25) is 4.98 Å². The Morgan fingerprint density at radius 1 is 1.50 bits per heavy atom. The van der Waals surface area contributed by atoms with E-state index in [9.17, 15) is 8.42 Å². The molecule has 6 nitrogen and oxygen atoms in total. The summed E-state index contributed by atoms with van der Waals surface area (Å²) in [6.07, 6.45) is 5.30. The minimum Gasteiger partial charge on any atom is -0.313 e. The predicted molar refractivity (Wildman–Crippen MR) is 90.3 cm³/mol. The number of hydrogen-bond acceptors (Lipinski definition) is 4. The zero-order valence-corrected chi connectivity index (χ0v) is 14.7. The van der Waals surface area contributed by atoms with Crippen molar-refractivity contribution in [2.24, 2.45) is 0 Å². The lowest BCUT2D eigenvalue weighted by Crippen LogP contribution is -2.52. The molecule has 1 atom stereocenters. The first kappa shape index (κ1) is 19.3. The number of rotatable bonds is 6. The van der Waals surface area contributed by atoms with Gasteiger partial charge in [-0.05, 0) is 18.1 Å². The first-order valence-electron chi connectivity index (χ1n) is 7.41. The fourth-order valence-corrected chi connectivity index (χ4v) is 4.05. The molecule has 1 unspecified atom stereocenters. The number of nitrogens with one attached hydrogen (secondary N) is 1. The second kappa shape index (κ2) is 8.79. The Morgan fingerprint density at radius 2 is 2.27 bits per heavy atom. The van der Waals surface area contributed by atoms with Crippen LogP contribution in [0.4, 0.5) is 0 Å². The van der Waals surface area contributed by atoms with Gasteiger partial charge in [-0.15, -0.1) is 12.4 Å². The van der Waals surface area contributed by atoms with E-state index >= 15 is 0 Å². The Bertz CT molecular complexity index is 541. The lowest BCUT2D eigenvalue weighted by molar-refractivity contribution is 0.251. The molecule has 0 aromatic carbocycles. The summed E-state index contributed by atoms with van der Waals surface area (Å²) in [7, 11) is -1.77. The lowest BCUT2D eigenvalue weighted by atomic mass is 10.1. The van der Waals surface area contributed by atoms with Gasteiger partial charge in [0, 0.05) is 45.6 Å². The van der Waals surface area contributed by atoms with Gasteiger partial charge in [0.2, 0.25) is 0 Å². The van der Waals surface area contributed by atoms with Crippen molar-refractivity contribution in [1.82, 2.24) is 18.9 Å². The molecule has 2 heterocycles. The van der Waals surface area contributed by atoms with Gasteiger partial charge in [-0.2, -0.15) is 17.0 Å². The monoisotopic (exact) mass is 348 g/mol. The molecule has 8 heteroatoms. The molecule has 1 aliphatic heterocycles. The van der Waals surface area contributed by atoms with Gasteiger partial charge in [-0.25, -0.2) is 0 Å². The normalized spacial score (nSPS) is 19.9. The van der Waals surface area contributed by atoms with Crippen LogP contribution in [-0.2, 0) is 10.2 Å². The van der Waals surface area contributed by atoms with Crippen LogP contribution in [-0.4, -0.2) is 55.2 Å². The van der Waals surface area contributed by atoms with E-state index in [0.717, 1.165) is 18.4 Å². The number of piperazine rings is 1. The number of hydrogen-bond donors (Lipinski definition) is 1. The van der Waals surface area contributed by atoms with E-state index in [1.54, 1.807) is 23.7 Å². The van der Waals surface area contributed by atoms with Crippen LogP contribution in [0.1, 0.15) is 31.4 Å². The maximum absolute atomic E-state index is 12.8. The third kappa shape index (κ3) is 4.39. The summed E-state index contributed by atoms with van der Waals surface area (Å²) in [5.41, 5.74) is 0.928. The average molecular weight is 349 g/mol. The molecule has 0 saturated carbocycles. The first-order valence-corrected chi connectivity index (χ1v) is 8.80. The molecule has 2 rings (SSSR count). The molecular weight excluding hydrogens is 324 g/mol. The quantitative estimate of drug-likeness (QED) is 0.844. The highest BCUT2D eigenvalue weighted by Crippen LogP contribution is 2.25. The van der Waals surface area contributed by atoms with E-state index in [2.05, 4.69) is 17.2 Å². The third-order valence-corrected chi connectivity index (χ3v) is 5.78. The number of unbranched alkanes of at least 4 members (excludes halogenated alkanes) is 1. The zero-order valence-electron chi connectivity index (χ0n) is 13.1. The number of pyridine rings is 1. The lowest BCUT2D eigenvalue weighted by Gasteiger charge is -2.37. The SMILES string of the molecule is CCCCN(C)S(=O)(=O)N1CCNCC1c1cccnc1.Cl. The minimum absolute atomic E-state index is 0. The molecule has 0 spiro atoms. The number of nitrogens with zero attached hydrogens (tertiary/aromatic N) is 3. The first-order chi connectivity index (χ1) is 10.1. The Balaban J connectivity index is 0.00000242. The fraction of sp³-hybridized carbons (Fsp3) is 0.643. The maximum Gasteiger partial charge on any atom is 0.282 e. The Hall–Kier alpha value is -0.730. The molecule has 0 aliphatic carbocycles. The van der Waals surface area contributed by atoms with Crippen molar-refractivity contribution >= 4 is 22.6 Å². The van der Waals surface area contributed by atoms with Crippen molar-refractivity contribution in [3.05, 3.63) is 30.1 Å². The van der Waals surface area contributed by atoms with Crippen LogP contribution in [0.5, 0.6) is 0 Å². The molecule has 126 valence electrons. The van der Waals surface area contributed by atoms with Gasteiger partial charge in [0.05, 0.1) is 6.04 Å². The average Bonchev–Trinajstić information content (AvgIpc) is 2.53. The highest BCUT2D eigenvalue weighted by atomic mass is 35.5. The van der Waals surface area contributed by atoms with Crippen LogP contribution < -0.4 is 5.32 Å². The molecule has 0 amide bonds. The van der Waals surface area contributed by atoms with Gasteiger partial charge in [0.1, 0.15) is 0 Å². The summed E-state index contributed by atoms with van der Waals surface area (Å²) >= 11 is 0. The molecule has 1 N–H and O–H groups in total. The topological polar surface area (TPSA) is 65.5 Å². The maximum atomic E-state index is 12.8. The molecule has 0 radical (unpaired) electrons. The highest BCUT2D eigenvalue weighted by Gasteiger charge is 2.35. The Labute approximate surface area is 139 Å². The number of aromatic nitrogens is 1. The Kier molecular flexibility index (Phi) is 7.71. The van der Waals surface area contributed by atoms with Gasteiger partial charge in [-0.1, -0.05) is 19.4 Å². The van der Waals surface area contributed by atoms with Crippen molar-refractivity contribution < 1.29 is 8.42 Å². The predicted octanol–water partition coefficient (Wildman–Crippen LogP) is 1.43. The summed E-state index contributed by atoms with van der Waals surface area (Å²) in [6.45, 7) is 4.40. The smallest absolute Gasteiger partial charge is 0.282 e. The summed E-state index contributed by atoms with van der Waals surface area (Å²) < 4.78 is 28.6. The molecule has 0 bridgehead atoms. The Morgan fingerprint density at radius 3 is 2.91 bits per heavy atom. The van der Waals surface area contributed by atoms with E-state index in [1.807, 2.05) is 12.1 Å². The number of halogens is 1. The minimum atomic E-state index is -3.43. The van der Waals surface area contributed by atoms with Crippen molar-refractivity contribution in [3.63, 3.8) is 0 Å². The second-order valence-electron chi connectivity index (χ2n) is 5.30. The van der Waals surface area contributed by atoms with Crippen LogP contribution in [0.3, 0.4) is 0 Å². The van der Waals surface area contributed by atoms with Gasteiger partial charge < -0.3 is 5.32 Å². The standard InChI is InChI=1S/C14H24N4O2S.ClH/c1-3-4-9-17(2)21(19,20)18-10-8-16-12-14(18)13-6-5-7-15-11-13;/h5-7,11,14,16H,3-4,8-10,12H2,1-2H3;1H. The summed E-state index contributed by atoms with van der Waals surface area (Å²) in [4.78, 5) is 4.11. The van der Waals surface area contributed by atoms with E-state index in [1.165, 1.54) is 4.31 Å². The van der Waals surface area contributed by atoms with E-state index in [0.29, 0.717) is 26.2 Å². The van der Waals surface area contributed by atoms with Crippen molar-refractivity contribution in [1.29, 1.82) is 0 Å². The summed E-state index contributed by atoms with van der Waals surface area (Å²) in [5, 5.41) is 3.27. The van der Waals surface area contributed by atoms with Crippen LogP contribution in [0, 0.1) is 0 Å². The van der Waals surface area contributed by atoms with Crippen LogP contribution >= 0.6 is 12.4 Å². The van der Waals surface area contributed by atoms with E-state index in [4.69, 9.17) is 0 Å². The fourth-order valence-electron chi connectivity index (χ4n) is 2.49. The van der Waals surface area contributed by atoms with Crippen molar-refractivity contribution in [2.75, 3.05) is 33.2 Å². The molecule has 1 saturated heterocycles. The van der Waals surface area contributed by atoms with Crippen molar-refractivity contribution in [2.45, 2.75) is 25.8 Å². The van der Waals surface area contributed by atoms with Gasteiger partial charge >= 0.3 is 0 Å². The third-order valence-electron chi connectivity index (χ3n) is 3.78. The van der Waals surface area contributed by atoms with Crippen LogP contribution in [0.2, 0.25) is 0 Å². The molecular formula is C14H25ClN4O2S. The van der Waals surface area contributed by atoms with E-state index < -0.39 is 10.2 Å².